The molecule has 0 saturated carbocycles. The quantitative estimate of drug-likeness (QED) is 0.359. The first-order valence-electron chi connectivity index (χ1n) is 0.454. The number of carbonyl (C=O) groups is 1. The molecular formula is CHIOW. The third-order valence-electron chi connectivity index (χ3n) is 0. The molecule has 0 bridgehead atoms. The van der Waals surface area contributed by atoms with E-state index in [1.807, 2.05) is 0 Å². The maximum absolute atomic E-state index is 8.79. The van der Waals surface area contributed by atoms with Crippen molar-refractivity contribution >= 4 is 26.9 Å². The van der Waals surface area contributed by atoms with E-state index in [4.69, 9.17) is 4.79 Å². The van der Waals surface area contributed by atoms with Gasteiger partial charge in [-0.05, 0) is 22.6 Å². The van der Waals surface area contributed by atoms with E-state index < -0.39 is 0 Å². The minimum Gasteiger partial charge on any atom is -0.292 e. The molecule has 0 aromatic rings. The maximum atomic E-state index is 8.79. The van der Waals surface area contributed by atoms with Gasteiger partial charge in [0.05, 0.1) is 0 Å². The standard InChI is InChI=1S/CHIO.W/c2-1-3;/h1H;. The van der Waals surface area contributed by atoms with Crippen molar-refractivity contribution in [1.29, 1.82) is 0 Å². The molecule has 0 heterocycles. The van der Waals surface area contributed by atoms with E-state index >= 15 is 0 Å². The number of hydrogen-bond acceptors (Lipinski definition) is 1. The smallest absolute Gasteiger partial charge is 0.179 e. The molecule has 3 heteroatoms. The van der Waals surface area contributed by atoms with Crippen LogP contribution in [0, 0.1) is 0 Å². The van der Waals surface area contributed by atoms with E-state index in [-0.39, 0.29) is 21.1 Å². The van der Waals surface area contributed by atoms with Gasteiger partial charge in [0.2, 0.25) is 0 Å². The molecular weight excluding hydrogens is 339 g/mol. The van der Waals surface area contributed by atoms with E-state index in [2.05, 4.69) is 0 Å². The summed E-state index contributed by atoms with van der Waals surface area (Å²) in [5.41, 5.74) is 0. The minimum atomic E-state index is 0. The monoisotopic (exact) mass is 340 g/mol. The molecule has 0 amide bonds. The first-order chi connectivity index (χ1) is 1.41. The molecule has 24 valence electrons. The van der Waals surface area contributed by atoms with Crippen molar-refractivity contribution in [2.24, 2.45) is 0 Å². The number of rotatable bonds is 0. The molecule has 0 saturated heterocycles. The Labute approximate surface area is 52.6 Å². The number of carbonyl (C=O) groups excluding carboxylic acids is 1. The molecule has 0 unspecified atom stereocenters. The Morgan fingerprint density at radius 3 is 1.75 bits per heavy atom. The fourth-order valence-electron chi connectivity index (χ4n) is 0. The van der Waals surface area contributed by atoms with Crippen molar-refractivity contribution in [2.45, 2.75) is 0 Å². The molecule has 0 rings (SSSR count). The molecule has 0 aliphatic heterocycles. The average Bonchev–Trinajstić information content (AvgIpc) is 0.918. The van der Waals surface area contributed by atoms with Gasteiger partial charge in [-0.1, -0.05) is 0 Å². The summed E-state index contributed by atoms with van der Waals surface area (Å²) < 4.78 is 0.720. The SMILES string of the molecule is O=CI.[W]. The van der Waals surface area contributed by atoms with Crippen molar-refractivity contribution in [2.75, 3.05) is 0 Å². The largest absolute Gasteiger partial charge is 0.292 e. The van der Waals surface area contributed by atoms with Crippen LogP contribution < -0.4 is 0 Å². The van der Waals surface area contributed by atoms with Crippen LogP contribution in [0.1, 0.15) is 0 Å². The Balaban J connectivity index is 0. The van der Waals surface area contributed by atoms with Crippen LogP contribution in [-0.2, 0) is 25.9 Å². The van der Waals surface area contributed by atoms with Crippen LogP contribution in [0.15, 0.2) is 0 Å². The van der Waals surface area contributed by atoms with Gasteiger partial charge >= 0.3 is 0 Å². The van der Waals surface area contributed by atoms with E-state index in [0.717, 1.165) is 4.29 Å². The summed E-state index contributed by atoms with van der Waals surface area (Å²) in [5.74, 6) is 0. The second-order valence-corrected chi connectivity index (χ2v) is 0.598. The molecule has 0 aliphatic rings. The van der Waals surface area contributed by atoms with Gasteiger partial charge in [0.25, 0.3) is 0 Å². The van der Waals surface area contributed by atoms with Gasteiger partial charge in [0, 0.05) is 21.1 Å². The van der Waals surface area contributed by atoms with Crippen LogP contribution in [0.2, 0.25) is 0 Å². The fraction of sp³-hybridized carbons (Fsp3) is 0. The van der Waals surface area contributed by atoms with Gasteiger partial charge in [0.1, 0.15) is 0 Å². The summed E-state index contributed by atoms with van der Waals surface area (Å²) in [7, 11) is 0. The van der Waals surface area contributed by atoms with Gasteiger partial charge in [-0.3, -0.25) is 4.79 Å². The molecule has 0 aromatic carbocycles. The second-order valence-electron chi connectivity index (χ2n) is 0.0891. The summed E-state index contributed by atoms with van der Waals surface area (Å²) in [6.07, 6.45) is 0. The molecule has 0 fully saturated rings. The number of hydrogen-bond donors (Lipinski definition) is 0. The Bertz CT molecular complexity index is 15.5. The Morgan fingerprint density at radius 1 is 1.75 bits per heavy atom. The van der Waals surface area contributed by atoms with Gasteiger partial charge in [0.15, 0.2) is 4.29 Å². The van der Waals surface area contributed by atoms with E-state index in [9.17, 15) is 0 Å². The minimum absolute atomic E-state index is 0. The van der Waals surface area contributed by atoms with E-state index in [0.29, 0.717) is 0 Å². The van der Waals surface area contributed by atoms with E-state index in [1.165, 1.54) is 0 Å². The molecule has 0 atom stereocenters. The zero-order chi connectivity index (χ0) is 2.71. The van der Waals surface area contributed by atoms with Gasteiger partial charge in [-0.25, -0.2) is 0 Å². The topological polar surface area (TPSA) is 17.1 Å². The molecule has 1 nitrogen and oxygen atoms in total. The predicted molar refractivity (Wildman–Crippen MR) is 20.8 cm³/mol. The molecule has 0 aliphatic carbocycles. The maximum Gasteiger partial charge on any atom is 0.179 e. The Morgan fingerprint density at radius 2 is 1.75 bits per heavy atom. The predicted octanol–water partition coefficient (Wildman–Crippen LogP) is 0.609. The van der Waals surface area contributed by atoms with Gasteiger partial charge < -0.3 is 0 Å². The van der Waals surface area contributed by atoms with Crippen molar-refractivity contribution in [1.82, 2.24) is 0 Å². The summed E-state index contributed by atoms with van der Waals surface area (Å²) in [6.45, 7) is 0. The molecule has 0 aromatic heterocycles. The zero-order valence-electron chi connectivity index (χ0n) is 1.77. The van der Waals surface area contributed by atoms with Gasteiger partial charge in [-0.2, -0.15) is 0 Å². The summed E-state index contributed by atoms with van der Waals surface area (Å²) in [4.78, 5) is 8.79. The average molecular weight is 340 g/mol. The van der Waals surface area contributed by atoms with Gasteiger partial charge in [-0.15, -0.1) is 0 Å². The Kier molecular flexibility index (Phi) is 19.9. The third-order valence-corrected chi connectivity index (χ3v) is 0. The summed E-state index contributed by atoms with van der Waals surface area (Å²) in [5, 5.41) is 0. The normalized spacial score (nSPS) is 3.25. The third kappa shape index (κ3) is 11.4. The number of halogens is 1. The molecule has 4 heavy (non-hydrogen) atoms. The fourth-order valence-corrected chi connectivity index (χ4v) is 0. The van der Waals surface area contributed by atoms with Crippen LogP contribution in [0.3, 0.4) is 0 Å². The zero-order valence-corrected chi connectivity index (χ0v) is 6.86. The molecule has 0 spiro atoms. The summed E-state index contributed by atoms with van der Waals surface area (Å²) >= 11 is 1.61. The van der Waals surface area contributed by atoms with Crippen molar-refractivity contribution in [3.63, 3.8) is 0 Å². The van der Waals surface area contributed by atoms with Crippen LogP contribution in [0.4, 0.5) is 0 Å². The van der Waals surface area contributed by atoms with Crippen molar-refractivity contribution in [3.8, 4) is 0 Å². The van der Waals surface area contributed by atoms with Crippen LogP contribution in [0.5, 0.6) is 0 Å². The second kappa shape index (κ2) is 8.94. The van der Waals surface area contributed by atoms with Crippen LogP contribution >= 0.6 is 22.6 Å². The van der Waals surface area contributed by atoms with Crippen molar-refractivity contribution in [3.05, 3.63) is 0 Å². The van der Waals surface area contributed by atoms with Crippen molar-refractivity contribution < 1.29 is 25.9 Å². The molecule has 0 radical (unpaired) electrons. The first-order valence-corrected chi connectivity index (χ1v) is 1.70. The van der Waals surface area contributed by atoms with Crippen LogP contribution in [-0.4, -0.2) is 4.29 Å². The summed E-state index contributed by atoms with van der Waals surface area (Å²) in [6, 6.07) is 0. The Hall–Kier alpha value is 1.09. The molecule has 0 N–H and O–H groups in total. The first kappa shape index (κ1) is 8.92. The van der Waals surface area contributed by atoms with E-state index in [1.54, 1.807) is 22.6 Å². The van der Waals surface area contributed by atoms with Crippen LogP contribution in [0.25, 0.3) is 0 Å².